The Bertz CT molecular complexity index is 477. The highest BCUT2D eigenvalue weighted by molar-refractivity contribution is 5.90. The van der Waals surface area contributed by atoms with Crippen molar-refractivity contribution in [3.8, 4) is 0 Å². The molecule has 1 heterocycles. The normalized spacial score (nSPS) is 10.0. The number of rotatable bonds is 3. The van der Waals surface area contributed by atoms with E-state index < -0.39 is 5.91 Å². The lowest BCUT2D eigenvalue weighted by Gasteiger charge is -2.01. The van der Waals surface area contributed by atoms with Crippen molar-refractivity contribution in [2.24, 2.45) is 5.73 Å². The molecule has 0 spiro atoms. The summed E-state index contributed by atoms with van der Waals surface area (Å²) in [4.78, 5) is 14.8. The van der Waals surface area contributed by atoms with E-state index >= 15 is 0 Å². The van der Waals surface area contributed by atoms with Gasteiger partial charge in [0.2, 0.25) is 0 Å². The molecule has 0 unspecified atom stereocenters. The molecule has 0 saturated carbocycles. The van der Waals surface area contributed by atoms with Crippen LogP contribution >= 0.6 is 0 Å². The summed E-state index contributed by atoms with van der Waals surface area (Å²) < 4.78 is 0. The molecule has 3 heteroatoms. The van der Waals surface area contributed by atoms with Gasteiger partial charge in [0.05, 0.1) is 0 Å². The molecule has 1 aromatic heterocycles. The second kappa shape index (κ2) is 4.57. The largest absolute Gasteiger partial charge is 0.364 e. The van der Waals surface area contributed by atoms with Gasteiger partial charge in [-0.2, -0.15) is 0 Å². The first-order chi connectivity index (χ1) is 7.75. The van der Waals surface area contributed by atoms with E-state index in [9.17, 15) is 4.79 Å². The second-order valence-corrected chi connectivity index (χ2v) is 3.58. The van der Waals surface area contributed by atoms with Crippen LogP contribution in [0.4, 0.5) is 0 Å². The lowest BCUT2D eigenvalue weighted by atomic mass is 10.1. The summed E-state index contributed by atoms with van der Waals surface area (Å²) in [5.74, 6) is -0.494. The number of hydrogen-bond acceptors (Lipinski definition) is 2. The average Bonchev–Trinajstić information content (AvgIpc) is 2.31. The number of hydrogen-bond donors (Lipinski definition) is 1. The van der Waals surface area contributed by atoms with Gasteiger partial charge < -0.3 is 5.73 Å². The van der Waals surface area contributed by atoms with Crippen LogP contribution in [0.2, 0.25) is 0 Å². The first-order valence-corrected chi connectivity index (χ1v) is 5.04. The van der Waals surface area contributed by atoms with Crippen molar-refractivity contribution in [1.82, 2.24) is 4.98 Å². The molecule has 2 N–H and O–H groups in total. The highest BCUT2D eigenvalue weighted by atomic mass is 16.1. The van der Waals surface area contributed by atoms with Gasteiger partial charge in [-0.25, -0.2) is 0 Å². The van der Waals surface area contributed by atoms with Crippen molar-refractivity contribution in [1.29, 1.82) is 0 Å². The minimum atomic E-state index is -0.494. The van der Waals surface area contributed by atoms with Crippen molar-refractivity contribution in [3.05, 3.63) is 65.5 Å². The van der Waals surface area contributed by atoms with E-state index in [0.29, 0.717) is 5.69 Å². The van der Waals surface area contributed by atoms with Gasteiger partial charge in [-0.1, -0.05) is 36.4 Å². The van der Waals surface area contributed by atoms with E-state index in [1.54, 1.807) is 12.3 Å². The number of nitrogens with two attached hydrogens (primary N) is 1. The Morgan fingerprint density at radius 3 is 2.38 bits per heavy atom. The number of aromatic nitrogens is 1. The molecule has 16 heavy (non-hydrogen) atoms. The monoisotopic (exact) mass is 212 g/mol. The van der Waals surface area contributed by atoms with Crippen LogP contribution in [0.1, 0.15) is 21.6 Å². The standard InChI is InChI=1S/C13H12N2O/c14-13(16)12-7-6-11(9-15-12)8-10-4-2-1-3-5-10/h1-7,9H,8H2,(H2,14,16). The number of primary amides is 1. The van der Waals surface area contributed by atoms with Crippen LogP contribution in [-0.4, -0.2) is 10.9 Å². The predicted molar refractivity (Wildman–Crippen MR) is 62.0 cm³/mol. The third-order valence-corrected chi connectivity index (χ3v) is 2.33. The molecule has 80 valence electrons. The number of carbonyl (C=O) groups excluding carboxylic acids is 1. The Balaban J connectivity index is 2.14. The SMILES string of the molecule is NC(=O)c1ccc(Cc2ccccc2)cn1. The third-order valence-electron chi connectivity index (χ3n) is 2.33. The van der Waals surface area contributed by atoms with Crippen molar-refractivity contribution in [2.75, 3.05) is 0 Å². The van der Waals surface area contributed by atoms with Gasteiger partial charge in [-0.3, -0.25) is 9.78 Å². The highest BCUT2D eigenvalue weighted by Crippen LogP contribution is 2.08. The molecule has 0 saturated heterocycles. The molecule has 3 nitrogen and oxygen atoms in total. The predicted octanol–water partition coefficient (Wildman–Crippen LogP) is 1.77. The summed E-state index contributed by atoms with van der Waals surface area (Å²) in [6, 6.07) is 13.6. The fraction of sp³-hybridized carbons (Fsp3) is 0.0769. The van der Waals surface area contributed by atoms with E-state index in [0.717, 1.165) is 12.0 Å². The molecule has 1 aromatic carbocycles. The third kappa shape index (κ3) is 2.45. The summed E-state index contributed by atoms with van der Waals surface area (Å²) in [5, 5.41) is 0. The Labute approximate surface area is 93.9 Å². The smallest absolute Gasteiger partial charge is 0.267 e. The summed E-state index contributed by atoms with van der Waals surface area (Å²) in [7, 11) is 0. The number of nitrogens with zero attached hydrogens (tertiary/aromatic N) is 1. The maximum Gasteiger partial charge on any atom is 0.267 e. The summed E-state index contributed by atoms with van der Waals surface area (Å²) in [6.07, 6.45) is 2.50. The Hall–Kier alpha value is -2.16. The van der Waals surface area contributed by atoms with Crippen molar-refractivity contribution < 1.29 is 4.79 Å². The molecule has 0 fully saturated rings. The van der Waals surface area contributed by atoms with Gasteiger partial charge in [-0.15, -0.1) is 0 Å². The quantitative estimate of drug-likeness (QED) is 0.843. The van der Waals surface area contributed by atoms with Crippen LogP contribution in [0.3, 0.4) is 0 Å². The summed E-state index contributed by atoms with van der Waals surface area (Å²) in [6.45, 7) is 0. The van der Waals surface area contributed by atoms with Gasteiger partial charge in [0.25, 0.3) is 5.91 Å². The molecular weight excluding hydrogens is 200 g/mol. The molecule has 0 aliphatic rings. The average molecular weight is 212 g/mol. The number of pyridine rings is 1. The van der Waals surface area contributed by atoms with Crippen LogP contribution in [-0.2, 0) is 6.42 Å². The van der Waals surface area contributed by atoms with E-state index in [1.165, 1.54) is 5.56 Å². The fourth-order valence-electron chi connectivity index (χ4n) is 1.51. The highest BCUT2D eigenvalue weighted by Gasteiger charge is 2.01. The van der Waals surface area contributed by atoms with Gasteiger partial charge >= 0.3 is 0 Å². The van der Waals surface area contributed by atoms with Gasteiger partial charge in [0.15, 0.2) is 0 Å². The Kier molecular flexibility index (Phi) is 2.96. The minimum absolute atomic E-state index is 0.303. The van der Waals surface area contributed by atoms with Crippen LogP contribution in [0.15, 0.2) is 48.7 Å². The van der Waals surface area contributed by atoms with Crippen LogP contribution < -0.4 is 5.73 Å². The molecule has 0 aliphatic carbocycles. The topological polar surface area (TPSA) is 56.0 Å². The summed E-state index contributed by atoms with van der Waals surface area (Å²) >= 11 is 0. The van der Waals surface area contributed by atoms with Crippen molar-refractivity contribution in [2.45, 2.75) is 6.42 Å². The first-order valence-electron chi connectivity index (χ1n) is 5.04. The zero-order chi connectivity index (χ0) is 11.4. The molecule has 2 aromatic rings. The van der Waals surface area contributed by atoms with Crippen molar-refractivity contribution >= 4 is 5.91 Å². The van der Waals surface area contributed by atoms with E-state index in [4.69, 9.17) is 5.73 Å². The fourth-order valence-corrected chi connectivity index (χ4v) is 1.51. The van der Waals surface area contributed by atoms with Gasteiger partial charge in [-0.05, 0) is 23.6 Å². The maximum absolute atomic E-state index is 10.8. The van der Waals surface area contributed by atoms with E-state index in [2.05, 4.69) is 17.1 Å². The first kappa shape index (κ1) is 10.4. The Morgan fingerprint density at radius 2 is 1.81 bits per heavy atom. The zero-order valence-electron chi connectivity index (χ0n) is 8.76. The molecular formula is C13H12N2O. The van der Waals surface area contributed by atoms with Crippen LogP contribution in [0, 0.1) is 0 Å². The molecule has 0 radical (unpaired) electrons. The minimum Gasteiger partial charge on any atom is -0.364 e. The van der Waals surface area contributed by atoms with E-state index in [-0.39, 0.29) is 0 Å². The van der Waals surface area contributed by atoms with Crippen molar-refractivity contribution in [3.63, 3.8) is 0 Å². The number of benzene rings is 1. The summed E-state index contributed by atoms with van der Waals surface area (Å²) in [5.41, 5.74) is 7.70. The number of amides is 1. The molecule has 0 atom stereocenters. The number of carbonyl (C=O) groups is 1. The molecule has 0 bridgehead atoms. The molecule has 2 rings (SSSR count). The van der Waals surface area contributed by atoms with Crippen LogP contribution in [0.25, 0.3) is 0 Å². The maximum atomic E-state index is 10.8. The molecule has 0 aliphatic heterocycles. The van der Waals surface area contributed by atoms with Gasteiger partial charge in [0.1, 0.15) is 5.69 Å². The lowest BCUT2D eigenvalue weighted by Crippen LogP contribution is -2.12. The zero-order valence-corrected chi connectivity index (χ0v) is 8.76. The second-order valence-electron chi connectivity index (χ2n) is 3.58. The molecule has 1 amide bonds. The lowest BCUT2D eigenvalue weighted by molar-refractivity contribution is 0.0995. The Morgan fingerprint density at radius 1 is 1.06 bits per heavy atom. The van der Waals surface area contributed by atoms with E-state index in [1.807, 2.05) is 24.3 Å². The van der Waals surface area contributed by atoms with Gasteiger partial charge in [0, 0.05) is 6.20 Å². The van der Waals surface area contributed by atoms with Crippen LogP contribution in [0.5, 0.6) is 0 Å².